The molecule has 0 bridgehead atoms. The minimum Gasteiger partial charge on any atom is -0.544 e. The number of anilines is 1. The summed E-state index contributed by atoms with van der Waals surface area (Å²) in [7, 11) is 0. The Balaban J connectivity index is 2.60. The van der Waals surface area contributed by atoms with Gasteiger partial charge in [-0.2, -0.15) is 0 Å². The van der Waals surface area contributed by atoms with E-state index in [1.54, 1.807) is 11.4 Å². The van der Waals surface area contributed by atoms with Gasteiger partial charge in [-0.25, -0.2) is 0 Å². The van der Waals surface area contributed by atoms with Crippen molar-refractivity contribution in [2.75, 3.05) is 18.4 Å². The third-order valence-corrected chi connectivity index (χ3v) is 3.15. The van der Waals surface area contributed by atoms with Gasteiger partial charge in [0.15, 0.2) is 0 Å². The molecule has 0 saturated heterocycles. The van der Waals surface area contributed by atoms with Gasteiger partial charge in [0.05, 0.1) is 12.4 Å². The lowest BCUT2D eigenvalue weighted by molar-refractivity contribution is -0.695. The fourth-order valence-electron chi connectivity index (χ4n) is 1.81. The number of carboxylic acid groups (broad SMARTS) is 1. The minimum absolute atomic E-state index is 0.116. The average Bonchev–Trinajstić information content (AvgIpc) is 2.38. The molecular weight excluding hydrogens is 258 g/mol. The molecule has 1 aromatic carbocycles. The summed E-state index contributed by atoms with van der Waals surface area (Å²) in [6.07, 6.45) is -0.116. The number of hydrogen-bond donors (Lipinski definition) is 3. The lowest BCUT2D eigenvalue weighted by atomic mass is 10.1. The van der Waals surface area contributed by atoms with Gasteiger partial charge in [-0.3, -0.25) is 4.79 Å². The summed E-state index contributed by atoms with van der Waals surface area (Å²) >= 11 is 0. The van der Waals surface area contributed by atoms with Gasteiger partial charge in [-0.15, -0.1) is 0 Å². The first kappa shape index (κ1) is 16.1. The summed E-state index contributed by atoms with van der Waals surface area (Å²) in [5.74, 6) is -1.56. The molecule has 1 amide bonds. The minimum atomic E-state index is -1.23. The van der Waals surface area contributed by atoms with Gasteiger partial charge in [0.2, 0.25) is 5.91 Å². The summed E-state index contributed by atoms with van der Waals surface area (Å²) in [4.78, 5) is 22.8. The largest absolute Gasteiger partial charge is 0.544 e. The SMILES string of the molecule is Cc1ccc(NC(=O)C[C@@H]([NH2+]CC[NH3+])C(=O)[O-])cc1C. The van der Waals surface area contributed by atoms with Gasteiger partial charge in [0.1, 0.15) is 19.1 Å². The second kappa shape index (κ2) is 7.62. The molecule has 6 nitrogen and oxygen atoms in total. The number of aryl methyl sites for hydroxylation is 2. The molecule has 0 aliphatic heterocycles. The van der Waals surface area contributed by atoms with E-state index in [1.165, 1.54) is 0 Å². The topological polar surface area (TPSA) is 113 Å². The number of rotatable bonds is 7. The van der Waals surface area contributed by atoms with Crippen LogP contribution in [-0.4, -0.2) is 31.0 Å². The van der Waals surface area contributed by atoms with E-state index < -0.39 is 12.0 Å². The molecule has 1 aromatic rings. The molecule has 0 aromatic heterocycles. The molecule has 0 saturated carbocycles. The number of amides is 1. The molecule has 6 heteroatoms. The van der Waals surface area contributed by atoms with Crippen LogP contribution in [-0.2, 0) is 9.59 Å². The third kappa shape index (κ3) is 4.99. The van der Waals surface area contributed by atoms with Crippen molar-refractivity contribution in [3.05, 3.63) is 29.3 Å². The standard InChI is InChI=1S/C14H21N3O3/c1-9-3-4-11(7-10(9)2)17-13(18)8-12(14(19)20)16-6-5-15/h3-4,7,12,16H,5-6,8,15H2,1-2H3,(H,17,18)(H,19,20)/p+1/t12-/m1/s1. The predicted octanol–water partition coefficient (Wildman–Crippen LogP) is -2.44. The number of aliphatic carboxylic acids is 1. The van der Waals surface area contributed by atoms with Gasteiger partial charge in [0, 0.05) is 5.69 Å². The highest BCUT2D eigenvalue weighted by Gasteiger charge is 2.18. The number of nitrogens with two attached hydrogens (primary N) is 1. The van der Waals surface area contributed by atoms with Crippen molar-refractivity contribution in [1.29, 1.82) is 0 Å². The van der Waals surface area contributed by atoms with Crippen LogP contribution in [0.3, 0.4) is 0 Å². The van der Waals surface area contributed by atoms with E-state index >= 15 is 0 Å². The monoisotopic (exact) mass is 280 g/mol. The maximum absolute atomic E-state index is 11.8. The van der Waals surface area contributed by atoms with Crippen LogP contribution >= 0.6 is 0 Å². The molecule has 0 spiro atoms. The van der Waals surface area contributed by atoms with E-state index in [1.807, 2.05) is 26.0 Å². The number of carbonyl (C=O) groups is 2. The van der Waals surface area contributed by atoms with E-state index in [0.717, 1.165) is 11.1 Å². The number of carbonyl (C=O) groups excluding carboxylic acids is 2. The summed E-state index contributed by atoms with van der Waals surface area (Å²) in [6, 6.07) is 4.70. The molecule has 1 atom stereocenters. The second-order valence-corrected chi connectivity index (χ2v) is 4.85. The number of benzene rings is 1. The summed E-state index contributed by atoms with van der Waals surface area (Å²) in [6.45, 7) is 5.09. The number of nitrogens with one attached hydrogen (secondary N) is 1. The van der Waals surface area contributed by atoms with Crippen LogP contribution in [0.2, 0.25) is 0 Å². The lowest BCUT2D eigenvalue weighted by Crippen LogP contribution is -2.95. The van der Waals surface area contributed by atoms with Crippen molar-refractivity contribution in [3.63, 3.8) is 0 Å². The molecular formula is C14H22N3O3+. The highest BCUT2D eigenvalue weighted by atomic mass is 16.4. The molecule has 0 unspecified atom stereocenters. The quantitative estimate of drug-likeness (QED) is 0.515. The number of carboxylic acids is 1. The van der Waals surface area contributed by atoms with Crippen LogP contribution in [0.5, 0.6) is 0 Å². The van der Waals surface area contributed by atoms with Gasteiger partial charge in [-0.1, -0.05) is 6.07 Å². The van der Waals surface area contributed by atoms with Gasteiger partial charge in [-0.05, 0) is 37.1 Å². The zero-order valence-electron chi connectivity index (χ0n) is 11.9. The Hall–Kier alpha value is -1.92. The van der Waals surface area contributed by atoms with Gasteiger partial charge in [0.25, 0.3) is 0 Å². The average molecular weight is 280 g/mol. The predicted molar refractivity (Wildman–Crippen MR) is 72.5 cm³/mol. The highest BCUT2D eigenvalue weighted by Crippen LogP contribution is 2.14. The maximum Gasteiger partial charge on any atom is 0.230 e. The number of hydrogen-bond acceptors (Lipinski definition) is 3. The Morgan fingerprint density at radius 1 is 1.35 bits per heavy atom. The zero-order valence-corrected chi connectivity index (χ0v) is 11.9. The van der Waals surface area contributed by atoms with Crippen molar-refractivity contribution < 1.29 is 25.7 Å². The Morgan fingerprint density at radius 3 is 2.60 bits per heavy atom. The third-order valence-electron chi connectivity index (χ3n) is 3.15. The molecule has 20 heavy (non-hydrogen) atoms. The van der Waals surface area contributed by atoms with Crippen molar-refractivity contribution in [3.8, 4) is 0 Å². The smallest absolute Gasteiger partial charge is 0.230 e. The van der Waals surface area contributed by atoms with Crippen LogP contribution < -0.4 is 21.5 Å². The van der Waals surface area contributed by atoms with E-state index in [0.29, 0.717) is 18.8 Å². The van der Waals surface area contributed by atoms with Crippen molar-refractivity contribution >= 4 is 17.6 Å². The first-order chi connectivity index (χ1) is 9.43. The first-order valence-corrected chi connectivity index (χ1v) is 6.64. The molecule has 1 rings (SSSR count). The Bertz CT molecular complexity index is 489. The summed E-state index contributed by atoms with van der Waals surface area (Å²) < 4.78 is 0. The molecule has 0 fully saturated rings. The molecule has 6 N–H and O–H groups in total. The fraction of sp³-hybridized carbons (Fsp3) is 0.429. The van der Waals surface area contributed by atoms with E-state index in [9.17, 15) is 14.7 Å². The summed E-state index contributed by atoms with van der Waals surface area (Å²) in [5.41, 5.74) is 6.52. The molecule has 0 aliphatic carbocycles. The van der Waals surface area contributed by atoms with Gasteiger partial charge >= 0.3 is 0 Å². The Morgan fingerprint density at radius 2 is 2.05 bits per heavy atom. The Kier molecular flexibility index (Phi) is 6.14. The van der Waals surface area contributed by atoms with Crippen LogP contribution in [0, 0.1) is 13.8 Å². The van der Waals surface area contributed by atoms with Crippen LogP contribution in [0.15, 0.2) is 18.2 Å². The van der Waals surface area contributed by atoms with Crippen LogP contribution in [0.1, 0.15) is 17.5 Å². The van der Waals surface area contributed by atoms with E-state index in [2.05, 4.69) is 11.1 Å². The summed E-state index contributed by atoms with van der Waals surface area (Å²) in [5, 5.41) is 15.2. The number of quaternary nitrogens is 2. The lowest BCUT2D eigenvalue weighted by Gasteiger charge is -2.15. The zero-order chi connectivity index (χ0) is 15.1. The molecule has 0 aliphatic rings. The first-order valence-electron chi connectivity index (χ1n) is 6.64. The van der Waals surface area contributed by atoms with Crippen molar-refractivity contribution in [1.82, 2.24) is 0 Å². The second-order valence-electron chi connectivity index (χ2n) is 4.85. The fourth-order valence-corrected chi connectivity index (χ4v) is 1.81. The normalized spacial score (nSPS) is 11.9. The van der Waals surface area contributed by atoms with Gasteiger partial charge < -0.3 is 26.3 Å². The molecule has 110 valence electrons. The van der Waals surface area contributed by atoms with Crippen LogP contribution in [0.4, 0.5) is 5.69 Å². The highest BCUT2D eigenvalue weighted by molar-refractivity contribution is 5.93. The molecule has 0 heterocycles. The van der Waals surface area contributed by atoms with Crippen molar-refractivity contribution in [2.24, 2.45) is 0 Å². The van der Waals surface area contributed by atoms with E-state index in [-0.39, 0.29) is 12.3 Å². The van der Waals surface area contributed by atoms with Crippen LogP contribution in [0.25, 0.3) is 0 Å². The van der Waals surface area contributed by atoms with E-state index in [4.69, 9.17) is 0 Å². The Labute approximate surface area is 118 Å². The molecule has 0 radical (unpaired) electrons. The maximum atomic E-state index is 11.8. The van der Waals surface area contributed by atoms with Crippen molar-refractivity contribution in [2.45, 2.75) is 26.3 Å².